The van der Waals surface area contributed by atoms with Crippen LogP contribution in [-0.2, 0) is 6.42 Å². The molecule has 0 aliphatic carbocycles. The van der Waals surface area contributed by atoms with Gasteiger partial charge in [-0.05, 0) is 70.8 Å². The van der Waals surface area contributed by atoms with Gasteiger partial charge in [-0.1, -0.05) is 66.7 Å². The van der Waals surface area contributed by atoms with E-state index in [1.54, 1.807) is 0 Å². The van der Waals surface area contributed by atoms with Crippen molar-refractivity contribution < 1.29 is 1.43 Å². The van der Waals surface area contributed by atoms with E-state index in [0.717, 1.165) is 6.42 Å². The number of anilines is 2. The molecule has 7 rings (SSSR count). The van der Waals surface area contributed by atoms with Crippen molar-refractivity contribution in [3.05, 3.63) is 126 Å². The average molecular weight is 425 g/mol. The Morgan fingerprint density at radius 2 is 1.24 bits per heavy atom. The lowest BCUT2D eigenvalue weighted by atomic mass is 9.93. The first-order valence-electron chi connectivity index (χ1n) is 11.4. The minimum atomic E-state index is 0. The van der Waals surface area contributed by atoms with Crippen molar-refractivity contribution in [3.8, 4) is 16.8 Å². The second kappa shape index (κ2) is 7.11. The van der Waals surface area contributed by atoms with Crippen LogP contribution in [-0.4, -0.2) is 4.57 Å². The van der Waals surface area contributed by atoms with Crippen LogP contribution in [0.3, 0.4) is 0 Å². The van der Waals surface area contributed by atoms with Gasteiger partial charge < -0.3 is 9.88 Å². The summed E-state index contributed by atoms with van der Waals surface area (Å²) >= 11 is 0. The highest BCUT2D eigenvalue weighted by Gasteiger charge is 2.16. The molecule has 0 spiro atoms. The van der Waals surface area contributed by atoms with E-state index in [2.05, 4.69) is 125 Å². The minimum absolute atomic E-state index is 0. The zero-order valence-corrected chi connectivity index (χ0v) is 18.1. The van der Waals surface area contributed by atoms with Crippen molar-refractivity contribution in [1.82, 2.24) is 4.57 Å². The number of aromatic nitrogens is 1. The van der Waals surface area contributed by atoms with Crippen LogP contribution < -0.4 is 5.32 Å². The molecule has 0 amide bonds. The Hall–Kier alpha value is -4.30. The van der Waals surface area contributed by atoms with Crippen LogP contribution in [0.1, 0.15) is 12.6 Å². The lowest BCUT2D eigenvalue weighted by Gasteiger charge is -2.22. The van der Waals surface area contributed by atoms with E-state index in [-0.39, 0.29) is 1.43 Å². The van der Waals surface area contributed by atoms with Crippen LogP contribution in [0.4, 0.5) is 11.4 Å². The first-order chi connectivity index (χ1) is 16.3. The molecule has 6 aromatic rings. The fourth-order valence-corrected chi connectivity index (χ4v) is 5.20. The molecule has 0 saturated heterocycles. The molecule has 0 fully saturated rings. The van der Waals surface area contributed by atoms with Gasteiger partial charge in [-0.2, -0.15) is 0 Å². The number of fused-ring (bicyclic) bond motifs is 5. The van der Waals surface area contributed by atoms with Gasteiger partial charge in [-0.15, -0.1) is 0 Å². The summed E-state index contributed by atoms with van der Waals surface area (Å²) in [6.07, 6.45) is 0.960. The Bertz CT molecular complexity index is 1660. The van der Waals surface area contributed by atoms with E-state index in [1.165, 1.54) is 61.1 Å². The predicted octanol–water partition coefficient (Wildman–Crippen LogP) is 8.34. The number of para-hydroxylation sites is 3. The smallest absolute Gasteiger partial charge is 0.0541 e. The lowest BCUT2D eigenvalue weighted by Crippen LogP contribution is -2.06. The number of rotatable bonds is 2. The molecule has 2 heterocycles. The lowest BCUT2D eigenvalue weighted by molar-refractivity contribution is 1.16. The molecule has 2 heteroatoms. The topological polar surface area (TPSA) is 17.0 Å². The Kier molecular flexibility index (Phi) is 3.94. The quantitative estimate of drug-likeness (QED) is 0.295. The molecule has 2 nitrogen and oxygen atoms in total. The van der Waals surface area contributed by atoms with Gasteiger partial charge in [0.15, 0.2) is 0 Å². The summed E-state index contributed by atoms with van der Waals surface area (Å²) in [4.78, 5) is 0. The maximum absolute atomic E-state index is 3.59. The summed E-state index contributed by atoms with van der Waals surface area (Å²) < 4.78 is 2.36. The second-order valence-corrected chi connectivity index (χ2v) is 8.75. The van der Waals surface area contributed by atoms with E-state index >= 15 is 0 Å². The molecular weight excluding hydrogens is 400 g/mol. The molecule has 158 valence electrons. The van der Waals surface area contributed by atoms with E-state index < -0.39 is 0 Å². The predicted molar refractivity (Wildman–Crippen MR) is 141 cm³/mol. The molecule has 5 aromatic carbocycles. The average Bonchev–Trinajstić information content (AvgIpc) is 3.21. The molecule has 1 aliphatic rings. The summed E-state index contributed by atoms with van der Waals surface area (Å²) in [6, 6.07) is 41.6. The van der Waals surface area contributed by atoms with Crippen molar-refractivity contribution in [2.24, 2.45) is 0 Å². The molecule has 0 unspecified atom stereocenters. The maximum Gasteiger partial charge on any atom is 0.0541 e. The van der Waals surface area contributed by atoms with Crippen LogP contribution in [0.5, 0.6) is 0 Å². The second-order valence-electron chi connectivity index (χ2n) is 8.75. The minimum Gasteiger partial charge on any atom is -0.355 e. The molecule has 1 N–H and O–H groups in total. The monoisotopic (exact) mass is 424 g/mol. The maximum atomic E-state index is 3.59. The van der Waals surface area contributed by atoms with Crippen LogP contribution in [0.25, 0.3) is 38.6 Å². The molecule has 0 bridgehead atoms. The molecule has 33 heavy (non-hydrogen) atoms. The largest absolute Gasteiger partial charge is 0.355 e. The zero-order chi connectivity index (χ0) is 21.8. The first kappa shape index (κ1) is 18.3. The van der Waals surface area contributed by atoms with Crippen molar-refractivity contribution in [2.45, 2.75) is 6.42 Å². The zero-order valence-electron chi connectivity index (χ0n) is 18.1. The third-order valence-electron chi connectivity index (χ3n) is 6.79. The Morgan fingerprint density at radius 1 is 0.545 bits per heavy atom. The fourth-order valence-electron chi connectivity index (χ4n) is 5.20. The van der Waals surface area contributed by atoms with Crippen molar-refractivity contribution in [1.29, 1.82) is 0 Å². The number of hydrogen-bond donors (Lipinski definition) is 1. The van der Waals surface area contributed by atoms with Gasteiger partial charge in [0.25, 0.3) is 0 Å². The van der Waals surface area contributed by atoms with Gasteiger partial charge >= 0.3 is 0 Å². The summed E-state index contributed by atoms with van der Waals surface area (Å²) in [5.74, 6) is 0. The molecule has 0 radical (unpaired) electrons. The van der Waals surface area contributed by atoms with Crippen LogP contribution >= 0.6 is 0 Å². The highest BCUT2D eigenvalue weighted by Crippen LogP contribution is 2.38. The van der Waals surface area contributed by atoms with Gasteiger partial charge in [0.05, 0.1) is 11.0 Å². The third kappa shape index (κ3) is 2.88. The highest BCUT2D eigenvalue weighted by atomic mass is 15.0. The van der Waals surface area contributed by atoms with Crippen molar-refractivity contribution in [3.63, 3.8) is 0 Å². The Balaban J connectivity index is 0.00000217. The van der Waals surface area contributed by atoms with E-state index in [1.807, 2.05) is 0 Å². The Morgan fingerprint density at radius 3 is 2.18 bits per heavy atom. The van der Waals surface area contributed by atoms with Crippen molar-refractivity contribution in [2.75, 3.05) is 5.32 Å². The summed E-state index contributed by atoms with van der Waals surface area (Å²) in [6.45, 7) is 0. The van der Waals surface area contributed by atoms with Crippen LogP contribution in [0.2, 0.25) is 0 Å². The van der Waals surface area contributed by atoms with E-state index in [4.69, 9.17) is 0 Å². The number of benzene rings is 5. The van der Waals surface area contributed by atoms with Crippen LogP contribution in [0.15, 0.2) is 115 Å². The normalized spacial score (nSPS) is 12.4. The van der Waals surface area contributed by atoms with Gasteiger partial charge in [0, 0.05) is 35.7 Å². The molecular formula is C31H24N2. The summed E-state index contributed by atoms with van der Waals surface area (Å²) in [5, 5.41) is 6.16. The molecule has 0 atom stereocenters. The number of hydrogen-bond acceptors (Lipinski definition) is 1. The van der Waals surface area contributed by atoms with Crippen LogP contribution in [0, 0.1) is 0 Å². The Labute approximate surface area is 194 Å². The number of nitrogens with zero attached hydrogens (tertiary/aromatic N) is 1. The van der Waals surface area contributed by atoms with E-state index in [0.29, 0.717) is 0 Å². The first-order valence-corrected chi connectivity index (χ1v) is 11.4. The molecule has 1 aromatic heterocycles. The fraction of sp³-hybridized carbons (Fsp3) is 0.0323. The SMILES string of the molecule is [HH].c1ccc(-n2c3ccccc3c3cc(-c4ccc5c(c4)Cc4ccccc4N5)ccc32)cc1. The highest BCUT2D eigenvalue weighted by molar-refractivity contribution is 6.10. The molecule has 1 aliphatic heterocycles. The van der Waals surface area contributed by atoms with Gasteiger partial charge in [0.1, 0.15) is 0 Å². The van der Waals surface area contributed by atoms with Gasteiger partial charge in [-0.25, -0.2) is 0 Å². The standard InChI is InChI=1S/C31H22N2.H2/c1-2-9-25(10-3-1)33-30-13-7-5-11-26(30)27-20-22(15-17-31(27)33)21-14-16-29-24(18-21)19-23-8-4-6-12-28(23)32-29;/h1-18,20,32H,19H2;1H. The number of nitrogens with one attached hydrogen (secondary N) is 1. The van der Waals surface area contributed by atoms with E-state index in [9.17, 15) is 0 Å². The van der Waals surface area contributed by atoms with Gasteiger partial charge in [-0.3, -0.25) is 0 Å². The summed E-state index contributed by atoms with van der Waals surface area (Å²) in [7, 11) is 0. The third-order valence-corrected chi connectivity index (χ3v) is 6.79. The molecule has 0 saturated carbocycles. The van der Waals surface area contributed by atoms with Crippen molar-refractivity contribution >= 4 is 33.2 Å². The summed E-state index contributed by atoms with van der Waals surface area (Å²) in [5.41, 5.74) is 11.3. The van der Waals surface area contributed by atoms with Gasteiger partial charge in [0.2, 0.25) is 0 Å².